The summed E-state index contributed by atoms with van der Waals surface area (Å²) in [6.45, 7) is 11.0. The van der Waals surface area contributed by atoms with Crippen molar-refractivity contribution in [3.8, 4) is 0 Å². The van der Waals surface area contributed by atoms with Crippen molar-refractivity contribution in [2.45, 2.75) is 45.6 Å². The molecule has 0 N–H and O–H groups in total. The number of nitrogens with zero attached hydrogens (tertiary/aromatic N) is 3. The van der Waals surface area contributed by atoms with Crippen LogP contribution in [0.1, 0.15) is 45.2 Å². The van der Waals surface area contributed by atoms with Crippen molar-refractivity contribution in [1.82, 2.24) is 14.8 Å². The van der Waals surface area contributed by atoms with Crippen LogP contribution in [0.4, 0.5) is 0 Å². The number of hydrogen-bond acceptors (Lipinski definition) is 3. The van der Waals surface area contributed by atoms with Crippen LogP contribution in [0.3, 0.4) is 0 Å². The van der Waals surface area contributed by atoms with Crippen molar-refractivity contribution in [2.24, 2.45) is 0 Å². The van der Waals surface area contributed by atoms with E-state index in [9.17, 15) is 0 Å². The van der Waals surface area contributed by atoms with E-state index in [0.717, 1.165) is 16.0 Å². The van der Waals surface area contributed by atoms with E-state index in [2.05, 4.69) is 77.2 Å². The van der Waals surface area contributed by atoms with Gasteiger partial charge in [-0.25, -0.2) is 4.98 Å². The molecule has 0 spiro atoms. The van der Waals surface area contributed by atoms with Gasteiger partial charge in [0.1, 0.15) is 5.01 Å². The fourth-order valence-electron chi connectivity index (χ4n) is 3.01. The van der Waals surface area contributed by atoms with E-state index in [-0.39, 0.29) is 11.0 Å². The highest BCUT2D eigenvalue weighted by Gasteiger charge is 2.28. The van der Waals surface area contributed by atoms with Gasteiger partial charge in [0.25, 0.3) is 0 Å². The third kappa shape index (κ3) is 2.74. The Morgan fingerprint density at radius 2 is 1.68 bits per heavy atom. The second kappa shape index (κ2) is 5.40. The molecule has 0 atom stereocenters. The molecule has 0 saturated heterocycles. The molecule has 0 bridgehead atoms. The predicted octanol–water partition coefficient (Wildman–Crippen LogP) is 5.73. The summed E-state index contributed by atoms with van der Waals surface area (Å²) in [5.74, 6) is 0. The summed E-state index contributed by atoms with van der Waals surface area (Å²) >= 11 is 1.78. The van der Waals surface area contributed by atoms with Gasteiger partial charge in [-0.05, 0) is 58.4 Å². The Balaban J connectivity index is 1.81. The zero-order valence-electron chi connectivity index (χ0n) is 15.4. The standard InChI is InChI=1S/C21H23N3S/c1-20(2,3)24-13-14-10-11-15(12-17(14)23-24)21(4,5)19-22-16-8-6-7-9-18(16)25-19/h6-13H,1-5H3. The molecule has 2 aromatic heterocycles. The van der Waals surface area contributed by atoms with Gasteiger partial charge in [-0.1, -0.05) is 24.3 Å². The summed E-state index contributed by atoms with van der Waals surface area (Å²) in [4.78, 5) is 4.88. The minimum absolute atomic E-state index is 0.0122. The van der Waals surface area contributed by atoms with Crippen LogP contribution in [0.2, 0.25) is 0 Å². The maximum Gasteiger partial charge on any atom is 0.104 e. The van der Waals surface area contributed by atoms with E-state index in [1.807, 2.05) is 10.7 Å². The third-order valence-corrected chi connectivity index (χ3v) is 6.10. The molecule has 4 heteroatoms. The molecule has 128 valence electrons. The Morgan fingerprint density at radius 3 is 2.40 bits per heavy atom. The highest BCUT2D eigenvalue weighted by molar-refractivity contribution is 7.18. The first kappa shape index (κ1) is 16.3. The van der Waals surface area contributed by atoms with Gasteiger partial charge in [0, 0.05) is 17.0 Å². The fourth-order valence-corrected chi connectivity index (χ4v) is 4.10. The van der Waals surface area contributed by atoms with Crippen LogP contribution in [-0.4, -0.2) is 14.8 Å². The number of para-hydroxylation sites is 1. The van der Waals surface area contributed by atoms with Gasteiger partial charge in [0.2, 0.25) is 0 Å². The average Bonchev–Trinajstić information content (AvgIpc) is 3.18. The zero-order valence-corrected chi connectivity index (χ0v) is 16.2. The van der Waals surface area contributed by atoms with Crippen LogP contribution < -0.4 is 0 Å². The van der Waals surface area contributed by atoms with Crippen LogP contribution in [0.15, 0.2) is 48.7 Å². The molecule has 0 aliphatic heterocycles. The van der Waals surface area contributed by atoms with Crippen molar-refractivity contribution < 1.29 is 0 Å². The van der Waals surface area contributed by atoms with Crippen LogP contribution in [-0.2, 0) is 11.0 Å². The van der Waals surface area contributed by atoms with E-state index >= 15 is 0 Å². The van der Waals surface area contributed by atoms with E-state index in [4.69, 9.17) is 10.1 Å². The molecule has 0 radical (unpaired) electrons. The zero-order chi connectivity index (χ0) is 17.8. The molecule has 2 aromatic carbocycles. The highest BCUT2D eigenvalue weighted by Crippen LogP contribution is 2.37. The lowest BCUT2D eigenvalue weighted by Crippen LogP contribution is -2.22. The van der Waals surface area contributed by atoms with Crippen molar-refractivity contribution in [3.63, 3.8) is 0 Å². The molecule has 0 aliphatic rings. The number of hydrogen-bond donors (Lipinski definition) is 0. The van der Waals surface area contributed by atoms with E-state index < -0.39 is 0 Å². The SMILES string of the molecule is CC(C)(c1ccc2cn(C(C)(C)C)nc2c1)c1nc2ccccc2s1. The molecule has 25 heavy (non-hydrogen) atoms. The summed E-state index contributed by atoms with van der Waals surface area (Å²) < 4.78 is 3.29. The molecule has 0 fully saturated rings. The molecule has 3 nitrogen and oxygen atoms in total. The summed E-state index contributed by atoms with van der Waals surface area (Å²) in [6, 6.07) is 14.9. The Morgan fingerprint density at radius 1 is 0.920 bits per heavy atom. The van der Waals surface area contributed by atoms with E-state index in [1.54, 1.807) is 11.3 Å². The minimum atomic E-state index is -0.149. The van der Waals surface area contributed by atoms with Gasteiger partial charge in [0.05, 0.1) is 21.3 Å². The molecule has 0 unspecified atom stereocenters. The third-order valence-electron chi connectivity index (χ3n) is 4.74. The lowest BCUT2D eigenvalue weighted by Gasteiger charge is -2.22. The van der Waals surface area contributed by atoms with E-state index in [1.165, 1.54) is 15.6 Å². The van der Waals surface area contributed by atoms with Crippen LogP contribution in [0.25, 0.3) is 21.1 Å². The largest absolute Gasteiger partial charge is 0.266 e. The number of benzene rings is 2. The first-order valence-electron chi connectivity index (χ1n) is 8.61. The molecule has 4 rings (SSSR count). The molecule has 0 aliphatic carbocycles. The van der Waals surface area contributed by atoms with Crippen molar-refractivity contribution in [3.05, 3.63) is 59.2 Å². The lowest BCUT2D eigenvalue weighted by atomic mass is 9.85. The Kier molecular flexibility index (Phi) is 3.51. The van der Waals surface area contributed by atoms with Gasteiger partial charge in [0.15, 0.2) is 0 Å². The molecule has 4 aromatic rings. The predicted molar refractivity (Wildman–Crippen MR) is 106 cm³/mol. The van der Waals surface area contributed by atoms with Gasteiger partial charge in [-0.15, -0.1) is 11.3 Å². The minimum Gasteiger partial charge on any atom is -0.266 e. The van der Waals surface area contributed by atoms with Crippen molar-refractivity contribution in [1.29, 1.82) is 0 Å². The van der Waals surface area contributed by atoms with Crippen LogP contribution >= 0.6 is 11.3 Å². The molecule has 2 heterocycles. The molecular formula is C21H23N3S. The highest BCUT2D eigenvalue weighted by atomic mass is 32.1. The van der Waals surface area contributed by atoms with Gasteiger partial charge in [-0.3, -0.25) is 4.68 Å². The molecule has 0 amide bonds. The number of thiazole rings is 1. The molecular weight excluding hydrogens is 326 g/mol. The smallest absolute Gasteiger partial charge is 0.104 e. The Hall–Kier alpha value is -2.20. The number of aromatic nitrogens is 3. The summed E-state index contributed by atoms with van der Waals surface area (Å²) in [7, 11) is 0. The first-order chi connectivity index (χ1) is 11.7. The second-order valence-electron chi connectivity index (χ2n) is 8.13. The summed E-state index contributed by atoms with van der Waals surface area (Å²) in [5.41, 5.74) is 3.21. The normalized spacial score (nSPS) is 13.0. The summed E-state index contributed by atoms with van der Waals surface area (Å²) in [6.07, 6.45) is 2.13. The average molecular weight is 350 g/mol. The van der Waals surface area contributed by atoms with Crippen LogP contribution in [0.5, 0.6) is 0 Å². The van der Waals surface area contributed by atoms with Crippen molar-refractivity contribution in [2.75, 3.05) is 0 Å². The number of fused-ring (bicyclic) bond motifs is 2. The number of rotatable bonds is 2. The second-order valence-corrected chi connectivity index (χ2v) is 9.16. The maximum atomic E-state index is 4.88. The van der Waals surface area contributed by atoms with Gasteiger partial charge < -0.3 is 0 Å². The topological polar surface area (TPSA) is 30.7 Å². The first-order valence-corrected chi connectivity index (χ1v) is 9.43. The quantitative estimate of drug-likeness (QED) is 0.463. The Labute approximate surface area is 152 Å². The monoisotopic (exact) mass is 349 g/mol. The van der Waals surface area contributed by atoms with Gasteiger partial charge >= 0.3 is 0 Å². The summed E-state index contributed by atoms with van der Waals surface area (Å²) in [5, 5.41) is 7.12. The van der Waals surface area contributed by atoms with Crippen molar-refractivity contribution >= 4 is 32.5 Å². The lowest BCUT2D eigenvalue weighted by molar-refractivity contribution is 0.358. The maximum absolute atomic E-state index is 4.88. The fraction of sp³-hybridized carbons (Fsp3) is 0.333. The van der Waals surface area contributed by atoms with E-state index in [0.29, 0.717) is 0 Å². The van der Waals surface area contributed by atoms with Crippen LogP contribution in [0, 0.1) is 0 Å². The molecule has 0 saturated carbocycles. The Bertz CT molecular complexity index is 1030. The van der Waals surface area contributed by atoms with Gasteiger partial charge in [-0.2, -0.15) is 5.10 Å².